The van der Waals surface area contributed by atoms with E-state index in [9.17, 15) is 27.9 Å². The maximum atomic E-state index is 12.2. The summed E-state index contributed by atoms with van der Waals surface area (Å²) in [4.78, 5) is 36.3. The van der Waals surface area contributed by atoms with Crippen LogP contribution in [0.2, 0.25) is 0 Å². The van der Waals surface area contributed by atoms with Crippen molar-refractivity contribution < 1.29 is 36.7 Å². The Labute approximate surface area is 155 Å². The fourth-order valence-electron chi connectivity index (χ4n) is 2.73. The van der Waals surface area contributed by atoms with E-state index in [2.05, 4.69) is 20.5 Å². The minimum absolute atomic E-state index is 0.289. The van der Waals surface area contributed by atoms with Gasteiger partial charge in [0.15, 0.2) is 0 Å². The van der Waals surface area contributed by atoms with Crippen molar-refractivity contribution in [3.05, 3.63) is 12.2 Å². The third kappa shape index (κ3) is 6.44. The van der Waals surface area contributed by atoms with Crippen molar-refractivity contribution in [1.29, 1.82) is 0 Å². The molecule has 1 saturated heterocycles. The Kier molecular flexibility index (Phi) is 7.09. The van der Waals surface area contributed by atoms with E-state index in [4.69, 9.17) is 4.55 Å². The molecular formula is C13H21N5O8S. The van der Waals surface area contributed by atoms with Gasteiger partial charge in [-0.1, -0.05) is 12.2 Å². The summed E-state index contributed by atoms with van der Waals surface area (Å²) in [6.45, 7) is 0.987. The van der Waals surface area contributed by atoms with Crippen LogP contribution in [0.25, 0.3) is 0 Å². The molecule has 3 atom stereocenters. The third-order valence-electron chi connectivity index (χ3n) is 4.05. The second-order valence-electron chi connectivity index (χ2n) is 6.02. The molecule has 0 radical (unpaired) electrons. The van der Waals surface area contributed by atoms with E-state index in [-0.39, 0.29) is 18.4 Å². The molecule has 0 aliphatic carbocycles. The van der Waals surface area contributed by atoms with Crippen LogP contribution in [-0.2, 0) is 24.3 Å². The van der Waals surface area contributed by atoms with E-state index in [0.29, 0.717) is 17.9 Å². The van der Waals surface area contributed by atoms with Crippen molar-refractivity contribution in [3.8, 4) is 0 Å². The van der Waals surface area contributed by atoms with Crippen LogP contribution < -0.4 is 21.6 Å². The van der Waals surface area contributed by atoms with Gasteiger partial charge in [-0.2, -0.15) is 18.2 Å². The summed E-state index contributed by atoms with van der Waals surface area (Å²) in [6, 6.07) is -2.16. The van der Waals surface area contributed by atoms with Gasteiger partial charge in [-0.25, -0.2) is 4.79 Å². The van der Waals surface area contributed by atoms with Crippen LogP contribution in [0.5, 0.6) is 0 Å². The Balaban J connectivity index is 1.93. The number of hydroxylamine groups is 1. The second-order valence-corrected chi connectivity index (χ2v) is 7.04. The molecule has 14 heteroatoms. The predicted molar refractivity (Wildman–Crippen MR) is 89.1 cm³/mol. The zero-order chi connectivity index (χ0) is 20.0. The Morgan fingerprint density at radius 2 is 1.89 bits per heavy atom. The molecule has 152 valence electrons. The van der Waals surface area contributed by atoms with Crippen LogP contribution in [0.15, 0.2) is 12.2 Å². The van der Waals surface area contributed by atoms with Gasteiger partial charge in [-0.05, 0) is 19.4 Å². The van der Waals surface area contributed by atoms with Crippen molar-refractivity contribution in [1.82, 2.24) is 26.5 Å². The smallest absolute Gasteiger partial charge is 0.413 e. The first-order chi connectivity index (χ1) is 12.7. The molecule has 2 aliphatic rings. The minimum atomic E-state index is -4.76. The summed E-state index contributed by atoms with van der Waals surface area (Å²) in [6.07, 6.45) is 2.58. The van der Waals surface area contributed by atoms with Gasteiger partial charge in [-0.15, -0.1) is 0 Å². The SMILES string of the molecule is O=C(NNC(=O)[C@@H]1C=C[C@@H](NOS(=O)(=O)O)CN1C(=O)O)[C@@H]1CCCNC1. The first kappa shape index (κ1) is 21.0. The predicted octanol–water partition coefficient (Wildman–Crippen LogP) is -2.26. The maximum Gasteiger partial charge on any atom is 0.413 e. The number of amides is 3. The lowest BCUT2D eigenvalue weighted by Gasteiger charge is -2.32. The average Bonchev–Trinajstić information content (AvgIpc) is 2.64. The van der Waals surface area contributed by atoms with Crippen LogP contribution in [0, 0.1) is 5.92 Å². The highest BCUT2D eigenvalue weighted by molar-refractivity contribution is 7.80. The lowest BCUT2D eigenvalue weighted by molar-refractivity contribution is -0.133. The summed E-state index contributed by atoms with van der Waals surface area (Å²) in [5.74, 6) is -1.44. The van der Waals surface area contributed by atoms with Gasteiger partial charge in [0, 0.05) is 13.1 Å². The van der Waals surface area contributed by atoms with Gasteiger partial charge in [-0.3, -0.25) is 29.9 Å². The number of nitrogens with zero attached hydrogens (tertiary/aromatic N) is 1. The summed E-state index contributed by atoms with van der Waals surface area (Å²) >= 11 is 0. The number of hydrogen-bond acceptors (Lipinski definition) is 8. The second kappa shape index (κ2) is 9.09. The maximum absolute atomic E-state index is 12.2. The molecule has 0 aromatic heterocycles. The number of carbonyl (C=O) groups is 3. The van der Waals surface area contributed by atoms with Crippen molar-refractivity contribution in [2.45, 2.75) is 24.9 Å². The number of piperidine rings is 1. The fourth-order valence-corrected chi connectivity index (χ4v) is 2.97. The zero-order valence-electron chi connectivity index (χ0n) is 14.1. The number of hydrogen-bond donors (Lipinski definition) is 6. The van der Waals surface area contributed by atoms with Crippen molar-refractivity contribution in [3.63, 3.8) is 0 Å². The van der Waals surface area contributed by atoms with Crippen LogP contribution in [0.4, 0.5) is 4.79 Å². The first-order valence-electron chi connectivity index (χ1n) is 8.07. The molecule has 2 rings (SSSR count). The number of nitrogens with one attached hydrogen (secondary N) is 4. The van der Waals surface area contributed by atoms with Crippen LogP contribution >= 0.6 is 0 Å². The van der Waals surface area contributed by atoms with Crippen molar-refractivity contribution in [2.24, 2.45) is 5.92 Å². The molecule has 2 heterocycles. The molecule has 0 unspecified atom stereocenters. The van der Waals surface area contributed by atoms with Crippen LogP contribution in [0.1, 0.15) is 12.8 Å². The summed E-state index contributed by atoms with van der Waals surface area (Å²) in [5.41, 5.74) is 6.44. The third-order valence-corrected chi connectivity index (χ3v) is 4.36. The molecule has 0 bridgehead atoms. The number of carbonyl (C=O) groups excluding carboxylic acids is 2. The van der Waals surface area contributed by atoms with E-state index in [1.54, 1.807) is 0 Å². The fraction of sp³-hybridized carbons (Fsp3) is 0.615. The molecular weight excluding hydrogens is 386 g/mol. The standard InChI is InChI=1S/C13H21N5O8S/c19-11(8-2-1-5-14-6-8)15-16-12(20)10-4-3-9(7-18(10)13(21)22)17-26-27(23,24)25/h3-4,8-10,14,17H,1-2,5-7H2,(H,15,19)(H,16,20)(H,21,22)(H,23,24,25)/t8-,9-,10+/m1/s1. The number of rotatable bonds is 5. The topological polar surface area (TPSA) is 186 Å². The van der Waals surface area contributed by atoms with Crippen LogP contribution in [-0.4, -0.2) is 72.6 Å². The highest BCUT2D eigenvalue weighted by atomic mass is 32.3. The minimum Gasteiger partial charge on any atom is -0.465 e. The molecule has 13 nitrogen and oxygen atoms in total. The van der Waals surface area contributed by atoms with Gasteiger partial charge in [0.05, 0.1) is 12.0 Å². The molecule has 6 N–H and O–H groups in total. The van der Waals surface area contributed by atoms with Crippen LogP contribution in [0.3, 0.4) is 0 Å². The number of hydrazine groups is 1. The summed E-state index contributed by atoms with van der Waals surface area (Å²) < 4.78 is 33.6. The zero-order valence-corrected chi connectivity index (χ0v) is 14.9. The van der Waals surface area contributed by atoms with Gasteiger partial charge in [0.2, 0.25) is 5.91 Å². The summed E-state index contributed by atoms with van der Waals surface area (Å²) in [5, 5.41) is 12.3. The van der Waals surface area contributed by atoms with E-state index in [1.807, 2.05) is 5.48 Å². The van der Waals surface area contributed by atoms with Gasteiger partial charge in [0.25, 0.3) is 5.91 Å². The first-order valence-corrected chi connectivity index (χ1v) is 9.43. The normalized spacial score (nSPS) is 25.7. The monoisotopic (exact) mass is 407 g/mol. The average molecular weight is 407 g/mol. The van der Waals surface area contributed by atoms with E-state index < -0.39 is 34.5 Å². The highest BCUT2D eigenvalue weighted by Crippen LogP contribution is 2.12. The molecule has 0 spiro atoms. The lowest BCUT2D eigenvalue weighted by Crippen LogP contribution is -2.58. The van der Waals surface area contributed by atoms with Crippen molar-refractivity contribution in [2.75, 3.05) is 19.6 Å². The largest absolute Gasteiger partial charge is 0.465 e. The van der Waals surface area contributed by atoms with E-state index in [0.717, 1.165) is 13.0 Å². The molecule has 1 fully saturated rings. The van der Waals surface area contributed by atoms with Gasteiger partial charge >= 0.3 is 16.5 Å². The van der Waals surface area contributed by atoms with E-state index in [1.165, 1.54) is 12.2 Å². The molecule has 0 aromatic carbocycles. The molecule has 2 aliphatic heterocycles. The van der Waals surface area contributed by atoms with Crippen molar-refractivity contribution >= 4 is 28.3 Å². The molecule has 3 amide bonds. The molecule has 0 saturated carbocycles. The van der Waals surface area contributed by atoms with E-state index >= 15 is 0 Å². The van der Waals surface area contributed by atoms with Gasteiger partial charge < -0.3 is 10.4 Å². The molecule has 0 aromatic rings. The Morgan fingerprint density at radius 1 is 1.19 bits per heavy atom. The Hall–Kier alpha value is -2.26. The highest BCUT2D eigenvalue weighted by Gasteiger charge is 2.33. The Morgan fingerprint density at radius 3 is 2.48 bits per heavy atom. The summed E-state index contributed by atoms with van der Waals surface area (Å²) in [7, 11) is -4.76. The lowest BCUT2D eigenvalue weighted by atomic mass is 9.99. The van der Waals surface area contributed by atoms with Gasteiger partial charge in [0.1, 0.15) is 6.04 Å². The number of carboxylic acid groups (broad SMARTS) is 1. The quantitative estimate of drug-likeness (QED) is 0.165. The molecule has 27 heavy (non-hydrogen) atoms. The Bertz CT molecular complexity index is 705.